The van der Waals surface area contributed by atoms with Crippen molar-refractivity contribution in [1.29, 1.82) is 0 Å². The minimum absolute atomic E-state index is 0.252. The highest BCUT2D eigenvalue weighted by Crippen LogP contribution is 2.16. The largest absolute Gasteiger partial charge is 0.378 e. The molecule has 0 spiro atoms. The predicted molar refractivity (Wildman–Crippen MR) is 80.8 cm³/mol. The number of hydrogen-bond donors (Lipinski definition) is 0. The van der Waals surface area contributed by atoms with E-state index in [1.165, 1.54) is 0 Å². The number of nitrogens with zero attached hydrogens (tertiary/aromatic N) is 2. The van der Waals surface area contributed by atoms with Crippen LogP contribution in [-0.2, 0) is 16.0 Å². The Labute approximate surface area is 125 Å². The Bertz CT molecular complexity index is 398. The summed E-state index contributed by atoms with van der Waals surface area (Å²) >= 11 is 1.62. The molecule has 2 heterocycles. The second-order valence-corrected chi connectivity index (χ2v) is 6.71. The number of aromatic nitrogens is 1. The fraction of sp³-hybridized carbons (Fsp3) is 0.733. The molecule has 1 aromatic heterocycles. The molecular weight excluding hydrogens is 272 g/mol. The highest BCUT2D eigenvalue weighted by Gasteiger charge is 2.23. The van der Waals surface area contributed by atoms with E-state index in [0.29, 0.717) is 18.4 Å². The van der Waals surface area contributed by atoms with E-state index in [9.17, 15) is 4.79 Å². The molecule has 0 bridgehead atoms. The zero-order valence-electron chi connectivity index (χ0n) is 12.4. The zero-order valence-corrected chi connectivity index (χ0v) is 13.2. The predicted octanol–water partition coefficient (Wildman–Crippen LogP) is 2.74. The van der Waals surface area contributed by atoms with E-state index in [-0.39, 0.29) is 5.91 Å². The Balaban J connectivity index is 1.66. The van der Waals surface area contributed by atoms with Crippen LogP contribution in [0.5, 0.6) is 0 Å². The summed E-state index contributed by atoms with van der Waals surface area (Å²) in [7, 11) is 0. The van der Waals surface area contributed by atoms with Gasteiger partial charge in [-0.2, -0.15) is 0 Å². The van der Waals surface area contributed by atoms with Crippen molar-refractivity contribution in [1.82, 2.24) is 9.88 Å². The summed E-state index contributed by atoms with van der Waals surface area (Å²) in [6.07, 6.45) is 5.40. The Kier molecular flexibility index (Phi) is 5.98. The lowest BCUT2D eigenvalue weighted by Crippen LogP contribution is -2.41. The van der Waals surface area contributed by atoms with Gasteiger partial charge in [0.2, 0.25) is 5.91 Å². The van der Waals surface area contributed by atoms with E-state index in [1.54, 1.807) is 17.5 Å². The summed E-state index contributed by atoms with van der Waals surface area (Å²) < 4.78 is 5.85. The van der Waals surface area contributed by atoms with Crippen molar-refractivity contribution >= 4 is 17.2 Å². The van der Waals surface area contributed by atoms with E-state index in [0.717, 1.165) is 44.0 Å². The molecule has 0 aromatic carbocycles. The van der Waals surface area contributed by atoms with E-state index < -0.39 is 0 Å². The molecule has 1 saturated heterocycles. The minimum Gasteiger partial charge on any atom is -0.378 e. The molecule has 1 aliphatic rings. The third kappa shape index (κ3) is 4.87. The zero-order chi connectivity index (χ0) is 14.4. The van der Waals surface area contributed by atoms with Crippen LogP contribution in [0.25, 0.3) is 0 Å². The van der Waals surface area contributed by atoms with E-state index in [2.05, 4.69) is 18.8 Å². The van der Waals surface area contributed by atoms with Gasteiger partial charge in [0.25, 0.3) is 0 Å². The van der Waals surface area contributed by atoms with Crippen LogP contribution < -0.4 is 0 Å². The quantitative estimate of drug-likeness (QED) is 0.810. The minimum atomic E-state index is 0.252. The Morgan fingerprint density at radius 2 is 2.25 bits per heavy atom. The average molecular weight is 296 g/mol. The van der Waals surface area contributed by atoms with Crippen LogP contribution in [0.3, 0.4) is 0 Å². The van der Waals surface area contributed by atoms with Gasteiger partial charge in [0.15, 0.2) is 0 Å². The fourth-order valence-corrected chi connectivity index (χ4v) is 2.97. The summed E-state index contributed by atoms with van der Waals surface area (Å²) in [5.41, 5.74) is 0. The lowest BCUT2D eigenvalue weighted by molar-refractivity contribution is -0.133. The number of carbonyl (C=O) groups is 1. The summed E-state index contributed by atoms with van der Waals surface area (Å²) in [4.78, 5) is 18.3. The normalized spacial score (nSPS) is 16.9. The summed E-state index contributed by atoms with van der Waals surface area (Å²) in [5.74, 6) is 0.829. The van der Waals surface area contributed by atoms with Crippen molar-refractivity contribution in [3.05, 3.63) is 16.6 Å². The smallest absolute Gasteiger partial charge is 0.222 e. The molecule has 0 radical (unpaired) electrons. The van der Waals surface area contributed by atoms with Crippen molar-refractivity contribution in [2.24, 2.45) is 5.92 Å². The molecule has 1 aliphatic heterocycles. The van der Waals surface area contributed by atoms with Crippen LogP contribution in [0.2, 0.25) is 0 Å². The molecule has 0 N–H and O–H groups in total. The molecule has 1 amide bonds. The second kappa shape index (κ2) is 7.74. The molecule has 112 valence electrons. The first-order chi connectivity index (χ1) is 9.65. The average Bonchev–Trinajstić information content (AvgIpc) is 2.96. The van der Waals surface area contributed by atoms with Gasteiger partial charge < -0.3 is 9.64 Å². The first-order valence-electron chi connectivity index (χ1n) is 7.43. The summed E-state index contributed by atoms with van der Waals surface area (Å²) in [6, 6.07) is 0. The number of likely N-dealkylation sites (tertiary alicyclic amines) is 1. The maximum absolute atomic E-state index is 12.1. The Morgan fingerprint density at radius 3 is 2.85 bits per heavy atom. The fourth-order valence-electron chi connectivity index (χ4n) is 2.35. The maximum Gasteiger partial charge on any atom is 0.222 e. The molecule has 5 heteroatoms. The van der Waals surface area contributed by atoms with Gasteiger partial charge in [-0.15, -0.1) is 11.3 Å². The van der Waals surface area contributed by atoms with E-state index in [1.807, 2.05) is 10.3 Å². The van der Waals surface area contributed by atoms with Gasteiger partial charge in [0.05, 0.1) is 11.1 Å². The molecule has 0 aliphatic carbocycles. The van der Waals surface area contributed by atoms with Crippen molar-refractivity contribution < 1.29 is 9.53 Å². The highest BCUT2D eigenvalue weighted by molar-refractivity contribution is 7.09. The number of carbonyl (C=O) groups excluding carboxylic acids is 1. The number of piperidine rings is 1. The lowest BCUT2D eigenvalue weighted by Gasteiger charge is -2.32. The standard InChI is InChI=1S/C15H24N2O2S/c1-12(2)11-19-13-5-8-17(9-6-13)15(18)4-3-14-16-7-10-20-14/h7,10,12-13H,3-6,8-9,11H2,1-2H3. The molecule has 0 atom stereocenters. The lowest BCUT2D eigenvalue weighted by atomic mass is 10.1. The molecule has 2 rings (SSSR count). The first kappa shape index (κ1) is 15.4. The van der Waals surface area contributed by atoms with Gasteiger partial charge >= 0.3 is 0 Å². The van der Waals surface area contributed by atoms with Crippen LogP contribution in [0, 0.1) is 5.92 Å². The number of aryl methyl sites for hydroxylation is 1. The van der Waals surface area contributed by atoms with Crippen LogP contribution in [0.1, 0.15) is 38.1 Å². The van der Waals surface area contributed by atoms with Gasteiger partial charge in [-0.05, 0) is 18.8 Å². The Morgan fingerprint density at radius 1 is 1.50 bits per heavy atom. The van der Waals surface area contributed by atoms with Crippen LogP contribution >= 0.6 is 11.3 Å². The van der Waals surface area contributed by atoms with Crippen LogP contribution in [-0.4, -0.2) is 41.6 Å². The highest BCUT2D eigenvalue weighted by atomic mass is 32.1. The second-order valence-electron chi connectivity index (χ2n) is 5.73. The number of ether oxygens (including phenoxy) is 1. The first-order valence-corrected chi connectivity index (χ1v) is 8.31. The molecule has 1 fully saturated rings. The van der Waals surface area contributed by atoms with Crippen molar-refractivity contribution in [3.63, 3.8) is 0 Å². The molecule has 4 nitrogen and oxygen atoms in total. The maximum atomic E-state index is 12.1. The van der Waals surface area contributed by atoms with Gasteiger partial charge in [-0.25, -0.2) is 4.98 Å². The van der Waals surface area contributed by atoms with Gasteiger partial charge in [0, 0.05) is 44.1 Å². The summed E-state index contributed by atoms with van der Waals surface area (Å²) in [6.45, 7) is 6.82. The van der Waals surface area contributed by atoms with Crippen LogP contribution in [0.15, 0.2) is 11.6 Å². The number of amides is 1. The number of thiazole rings is 1. The van der Waals surface area contributed by atoms with Crippen molar-refractivity contribution in [3.8, 4) is 0 Å². The molecule has 1 aromatic rings. The van der Waals surface area contributed by atoms with Crippen LogP contribution in [0.4, 0.5) is 0 Å². The van der Waals surface area contributed by atoms with Gasteiger partial charge in [-0.1, -0.05) is 13.8 Å². The van der Waals surface area contributed by atoms with E-state index in [4.69, 9.17) is 4.74 Å². The van der Waals surface area contributed by atoms with Crippen molar-refractivity contribution in [2.75, 3.05) is 19.7 Å². The Hall–Kier alpha value is -0.940. The molecular formula is C15H24N2O2S. The third-order valence-electron chi connectivity index (χ3n) is 3.50. The van der Waals surface area contributed by atoms with Crippen molar-refractivity contribution in [2.45, 2.75) is 45.6 Å². The summed E-state index contributed by atoms with van der Waals surface area (Å²) in [5, 5.41) is 3.01. The molecule has 0 unspecified atom stereocenters. The third-order valence-corrected chi connectivity index (χ3v) is 4.34. The van der Waals surface area contributed by atoms with Gasteiger partial charge in [-0.3, -0.25) is 4.79 Å². The number of rotatable bonds is 6. The topological polar surface area (TPSA) is 42.4 Å². The molecule has 0 saturated carbocycles. The monoisotopic (exact) mass is 296 g/mol. The van der Waals surface area contributed by atoms with Gasteiger partial charge in [0.1, 0.15) is 0 Å². The molecule has 20 heavy (non-hydrogen) atoms. The number of hydrogen-bond acceptors (Lipinski definition) is 4. The van der Waals surface area contributed by atoms with E-state index >= 15 is 0 Å². The SMILES string of the molecule is CC(C)COC1CCN(C(=O)CCc2nccs2)CC1.